The fourth-order valence-electron chi connectivity index (χ4n) is 3.20. The van der Waals surface area contributed by atoms with Crippen molar-refractivity contribution >= 4 is 27.3 Å². The first-order valence-corrected chi connectivity index (χ1v) is 10.6. The van der Waals surface area contributed by atoms with E-state index in [2.05, 4.69) is 19.2 Å². The van der Waals surface area contributed by atoms with Crippen molar-refractivity contribution in [2.24, 2.45) is 0 Å². The van der Waals surface area contributed by atoms with Crippen molar-refractivity contribution in [1.29, 1.82) is 0 Å². The summed E-state index contributed by atoms with van der Waals surface area (Å²) in [7, 11) is -3.30. The average Bonchev–Trinajstić information content (AvgIpc) is 2.60. The molecule has 0 aliphatic carbocycles. The van der Waals surface area contributed by atoms with Crippen molar-refractivity contribution in [3.63, 3.8) is 0 Å². The molecule has 1 N–H and O–H groups in total. The molecule has 3 rings (SSSR count). The SMILES string of the molecule is CC(C)c1ccc(NC(=O)c2ccc3c(c2)CCCN3S(C)(=O)=O)cc1. The molecular weight excluding hydrogens is 348 g/mol. The summed E-state index contributed by atoms with van der Waals surface area (Å²) in [4.78, 5) is 12.6. The zero-order chi connectivity index (χ0) is 18.9. The predicted molar refractivity (Wildman–Crippen MR) is 105 cm³/mol. The molecule has 2 aromatic carbocycles. The van der Waals surface area contributed by atoms with Gasteiger partial charge in [0.25, 0.3) is 5.91 Å². The minimum atomic E-state index is -3.30. The molecule has 1 aliphatic rings. The highest BCUT2D eigenvalue weighted by atomic mass is 32.2. The number of hydrogen-bond donors (Lipinski definition) is 1. The average molecular weight is 372 g/mol. The van der Waals surface area contributed by atoms with E-state index >= 15 is 0 Å². The van der Waals surface area contributed by atoms with E-state index in [9.17, 15) is 13.2 Å². The summed E-state index contributed by atoms with van der Waals surface area (Å²) in [5.41, 5.74) is 4.07. The molecule has 0 unspecified atom stereocenters. The number of fused-ring (bicyclic) bond motifs is 1. The molecule has 26 heavy (non-hydrogen) atoms. The van der Waals surface area contributed by atoms with Gasteiger partial charge < -0.3 is 5.32 Å². The molecule has 0 aromatic heterocycles. The van der Waals surface area contributed by atoms with Crippen molar-refractivity contribution in [2.45, 2.75) is 32.6 Å². The van der Waals surface area contributed by atoms with Gasteiger partial charge in [-0.1, -0.05) is 26.0 Å². The summed E-state index contributed by atoms with van der Waals surface area (Å²) < 4.78 is 25.3. The normalized spacial score (nSPS) is 14.2. The van der Waals surface area contributed by atoms with E-state index in [4.69, 9.17) is 0 Å². The molecule has 1 aliphatic heterocycles. The number of rotatable bonds is 4. The number of nitrogens with zero attached hydrogens (tertiary/aromatic N) is 1. The lowest BCUT2D eigenvalue weighted by molar-refractivity contribution is 0.102. The molecule has 0 radical (unpaired) electrons. The third-order valence-electron chi connectivity index (χ3n) is 4.65. The molecule has 1 amide bonds. The highest BCUT2D eigenvalue weighted by molar-refractivity contribution is 7.92. The summed E-state index contributed by atoms with van der Waals surface area (Å²) in [5, 5.41) is 2.90. The minimum Gasteiger partial charge on any atom is -0.322 e. The Kier molecular flexibility index (Phi) is 5.05. The fourth-order valence-corrected chi connectivity index (χ4v) is 4.20. The molecule has 0 saturated heterocycles. The van der Waals surface area contributed by atoms with Gasteiger partial charge in [0.1, 0.15) is 0 Å². The maximum atomic E-state index is 12.6. The van der Waals surface area contributed by atoms with Crippen LogP contribution in [0.15, 0.2) is 42.5 Å². The molecule has 0 atom stereocenters. The van der Waals surface area contributed by atoms with E-state index in [1.165, 1.54) is 16.1 Å². The lowest BCUT2D eigenvalue weighted by atomic mass is 10.0. The van der Waals surface area contributed by atoms with Crippen LogP contribution >= 0.6 is 0 Å². The van der Waals surface area contributed by atoms with Crippen LogP contribution in [0.25, 0.3) is 0 Å². The Bertz CT molecular complexity index is 919. The van der Waals surface area contributed by atoms with Crippen LogP contribution in [0.3, 0.4) is 0 Å². The maximum absolute atomic E-state index is 12.6. The van der Waals surface area contributed by atoms with Gasteiger partial charge in [-0.25, -0.2) is 8.42 Å². The quantitative estimate of drug-likeness (QED) is 0.888. The van der Waals surface area contributed by atoms with E-state index < -0.39 is 10.0 Å². The van der Waals surface area contributed by atoms with Crippen LogP contribution in [0.1, 0.15) is 47.7 Å². The van der Waals surface area contributed by atoms with Crippen LogP contribution in [-0.2, 0) is 16.4 Å². The Balaban J connectivity index is 1.80. The fraction of sp³-hybridized carbons (Fsp3) is 0.350. The summed E-state index contributed by atoms with van der Waals surface area (Å²) in [5.74, 6) is 0.250. The number of sulfonamides is 1. The third-order valence-corrected chi connectivity index (χ3v) is 5.83. The second-order valence-electron chi connectivity index (χ2n) is 7.01. The molecule has 2 aromatic rings. The lowest BCUT2D eigenvalue weighted by Gasteiger charge is -2.29. The highest BCUT2D eigenvalue weighted by Crippen LogP contribution is 2.30. The molecule has 1 heterocycles. The number of anilines is 2. The topological polar surface area (TPSA) is 66.5 Å². The first kappa shape index (κ1) is 18.5. The van der Waals surface area contributed by atoms with E-state index in [1.807, 2.05) is 24.3 Å². The van der Waals surface area contributed by atoms with E-state index in [1.54, 1.807) is 18.2 Å². The number of nitrogens with one attached hydrogen (secondary N) is 1. The summed E-state index contributed by atoms with van der Waals surface area (Å²) in [6.45, 7) is 4.74. The van der Waals surface area contributed by atoms with Gasteiger partial charge in [0.15, 0.2) is 0 Å². The maximum Gasteiger partial charge on any atom is 0.255 e. The number of carbonyl (C=O) groups excluding carboxylic acids is 1. The van der Waals surface area contributed by atoms with E-state index in [0.717, 1.165) is 24.1 Å². The Morgan fingerprint density at radius 3 is 2.42 bits per heavy atom. The largest absolute Gasteiger partial charge is 0.322 e. The zero-order valence-corrected chi connectivity index (χ0v) is 16.1. The van der Waals surface area contributed by atoms with E-state index in [0.29, 0.717) is 23.7 Å². The molecular formula is C20H24N2O3S. The van der Waals surface area contributed by atoms with Gasteiger partial charge in [0, 0.05) is 17.8 Å². The highest BCUT2D eigenvalue weighted by Gasteiger charge is 2.24. The summed E-state index contributed by atoms with van der Waals surface area (Å²) in [6, 6.07) is 13.0. The van der Waals surface area contributed by atoms with Crippen molar-refractivity contribution < 1.29 is 13.2 Å². The Morgan fingerprint density at radius 1 is 1.12 bits per heavy atom. The van der Waals surface area contributed by atoms with Gasteiger partial charge in [-0.15, -0.1) is 0 Å². The lowest BCUT2D eigenvalue weighted by Crippen LogP contribution is -2.34. The number of benzene rings is 2. The molecule has 0 saturated carbocycles. The first-order chi connectivity index (χ1) is 12.3. The van der Waals surface area contributed by atoms with Crippen LogP contribution in [-0.4, -0.2) is 27.1 Å². The summed E-state index contributed by atoms with van der Waals surface area (Å²) in [6.07, 6.45) is 2.73. The van der Waals surface area contributed by atoms with E-state index in [-0.39, 0.29) is 5.91 Å². The zero-order valence-electron chi connectivity index (χ0n) is 15.3. The molecule has 5 nitrogen and oxygen atoms in total. The smallest absolute Gasteiger partial charge is 0.255 e. The minimum absolute atomic E-state index is 0.193. The number of amides is 1. The van der Waals surface area contributed by atoms with Crippen molar-refractivity contribution in [3.8, 4) is 0 Å². The van der Waals surface area contributed by atoms with Gasteiger partial charge in [0.2, 0.25) is 10.0 Å². The third kappa shape index (κ3) is 3.90. The van der Waals surface area contributed by atoms with Crippen molar-refractivity contribution in [1.82, 2.24) is 0 Å². The van der Waals surface area contributed by atoms with Crippen LogP contribution in [0.5, 0.6) is 0 Å². The Labute approximate surface area is 155 Å². The Hall–Kier alpha value is -2.34. The second-order valence-corrected chi connectivity index (χ2v) is 8.92. The van der Waals surface area contributed by atoms with Gasteiger partial charge in [0.05, 0.1) is 11.9 Å². The predicted octanol–water partition coefficient (Wildman–Crippen LogP) is 3.77. The van der Waals surface area contributed by atoms with Gasteiger partial charge in [-0.05, 0) is 60.2 Å². The molecule has 138 valence electrons. The van der Waals surface area contributed by atoms with Crippen molar-refractivity contribution in [3.05, 3.63) is 59.2 Å². The number of hydrogen-bond acceptors (Lipinski definition) is 3. The van der Waals surface area contributed by atoms with Gasteiger partial charge in [-0.3, -0.25) is 9.10 Å². The van der Waals surface area contributed by atoms with Gasteiger partial charge in [-0.2, -0.15) is 0 Å². The monoisotopic (exact) mass is 372 g/mol. The van der Waals surface area contributed by atoms with Gasteiger partial charge >= 0.3 is 0 Å². The molecule has 0 bridgehead atoms. The van der Waals surface area contributed by atoms with Crippen LogP contribution < -0.4 is 9.62 Å². The number of carbonyl (C=O) groups is 1. The molecule has 6 heteroatoms. The standard InChI is InChI=1S/C20H24N2O3S/c1-14(2)15-6-9-18(10-7-15)21-20(23)17-8-11-19-16(13-17)5-4-12-22(19)26(3,24)25/h6-11,13-14H,4-5,12H2,1-3H3,(H,21,23). The first-order valence-electron chi connectivity index (χ1n) is 8.77. The van der Waals surface area contributed by atoms with Crippen LogP contribution in [0.4, 0.5) is 11.4 Å². The van der Waals surface area contributed by atoms with Crippen molar-refractivity contribution in [2.75, 3.05) is 22.4 Å². The summed E-state index contributed by atoms with van der Waals surface area (Å²) >= 11 is 0. The Morgan fingerprint density at radius 2 is 1.81 bits per heavy atom. The van der Waals surface area contributed by atoms with Crippen LogP contribution in [0.2, 0.25) is 0 Å². The van der Waals surface area contributed by atoms with Crippen LogP contribution in [0, 0.1) is 0 Å². The molecule has 0 spiro atoms. The number of aryl methyl sites for hydroxylation is 1. The second kappa shape index (κ2) is 7.11. The molecule has 0 fully saturated rings.